The van der Waals surface area contributed by atoms with E-state index in [0.29, 0.717) is 31.0 Å². The number of likely N-dealkylation sites (tertiary alicyclic amines) is 1. The average Bonchev–Trinajstić information content (AvgIpc) is 3.42. The molecule has 0 radical (unpaired) electrons. The highest BCUT2D eigenvalue weighted by Crippen LogP contribution is 2.34. The summed E-state index contributed by atoms with van der Waals surface area (Å²) in [4.78, 5) is 42.2. The molecule has 1 saturated carbocycles. The van der Waals surface area contributed by atoms with Crippen molar-refractivity contribution in [3.63, 3.8) is 0 Å². The topological polar surface area (TPSA) is 62.6 Å². The maximum absolute atomic E-state index is 13.1. The molecule has 6 heteroatoms. The number of fused-ring (bicyclic) bond motifs is 1. The molecule has 0 N–H and O–H groups in total. The Balaban J connectivity index is 1.11. The Kier molecular flexibility index (Phi) is 5.38. The van der Waals surface area contributed by atoms with E-state index in [1.54, 1.807) is 4.57 Å². The van der Waals surface area contributed by atoms with Gasteiger partial charge in [-0.15, -0.1) is 0 Å². The maximum atomic E-state index is 13.1. The molecule has 0 unspecified atom stereocenters. The molecule has 2 aromatic rings. The Morgan fingerprint density at radius 3 is 2.16 bits per heavy atom. The van der Waals surface area contributed by atoms with Crippen molar-refractivity contribution in [2.45, 2.75) is 51.1 Å². The monoisotopic (exact) mass is 419 g/mol. The number of benzene rings is 1. The molecular weight excluding hydrogens is 390 g/mol. The molecular formula is C25H29N3O3. The number of hydrogen-bond acceptors (Lipinski definition) is 3. The Morgan fingerprint density at radius 1 is 0.806 bits per heavy atom. The van der Waals surface area contributed by atoms with E-state index in [-0.39, 0.29) is 29.8 Å². The normalized spacial score (nSPS) is 24.3. The van der Waals surface area contributed by atoms with Crippen molar-refractivity contribution < 1.29 is 14.4 Å². The van der Waals surface area contributed by atoms with Gasteiger partial charge >= 0.3 is 6.03 Å². The summed E-state index contributed by atoms with van der Waals surface area (Å²) in [5.74, 6) is 0.613. The largest absolute Gasteiger partial charge is 0.339 e. The van der Waals surface area contributed by atoms with Gasteiger partial charge in [0.2, 0.25) is 0 Å². The first kappa shape index (κ1) is 20.0. The zero-order valence-electron chi connectivity index (χ0n) is 17.8. The van der Waals surface area contributed by atoms with E-state index in [9.17, 15) is 14.4 Å². The van der Waals surface area contributed by atoms with Crippen molar-refractivity contribution in [2.24, 2.45) is 11.8 Å². The Labute approximate surface area is 182 Å². The fraction of sp³-hybridized carbons (Fsp3) is 0.480. The molecule has 3 aliphatic rings. The van der Waals surface area contributed by atoms with Crippen molar-refractivity contribution in [2.75, 3.05) is 13.1 Å². The molecule has 6 nitrogen and oxygen atoms in total. The van der Waals surface area contributed by atoms with Crippen LogP contribution in [0, 0.1) is 11.8 Å². The average molecular weight is 420 g/mol. The van der Waals surface area contributed by atoms with Gasteiger partial charge in [-0.2, -0.15) is 0 Å². The third kappa shape index (κ3) is 3.80. The number of amides is 2. The second-order valence-corrected chi connectivity index (χ2v) is 9.12. The number of Topliss-reactive ketones (excluding diaryl/α,β-unsaturated/α-hetero) is 1. The number of ketones is 1. The SMILES string of the molecule is O=C(C1CCC(N2Cc3cccn3C2=O)CC1)C1CCN(C(=O)c2ccccc2)CC1. The lowest BCUT2D eigenvalue weighted by molar-refractivity contribution is -0.129. The van der Waals surface area contributed by atoms with Gasteiger partial charge in [-0.05, 0) is 62.8 Å². The molecule has 162 valence electrons. The van der Waals surface area contributed by atoms with Crippen LogP contribution in [0.25, 0.3) is 0 Å². The van der Waals surface area contributed by atoms with Crippen molar-refractivity contribution in [3.05, 3.63) is 59.9 Å². The highest BCUT2D eigenvalue weighted by molar-refractivity contribution is 5.94. The van der Waals surface area contributed by atoms with Gasteiger partial charge in [0.1, 0.15) is 5.78 Å². The molecule has 0 atom stereocenters. The minimum absolute atomic E-state index is 0.0627. The van der Waals surface area contributed by atoms with Gasteiger partial charge in [0.25, 0.3) is 5.91 Å². The van der Waals surface area contributed by atoms with Crippen LogP contribution in [-0.2, 0) is 11.3 Å². The van der Waals surface area contributed by atoms with Crippen LogP contribution >= 0.6 is 0 Å². The van der Waals surface area contributed by atoms with Crippen molar-refractivity contribution in [1.82, 2.24) is 14.4 Å². The first-order chi connectivity index (χ1) is 15.1. The van der Waals surface area contributed by atoms with Crippen LogP contribution in [0.4, 0.5) is 4.79 Å². The lowest BCUT2D eigenvalue weighted by atomic mass is 9.77. The number of carbonyl (C=O) groups is 3. The zero-order chi connectivity index (χ0) is 21.4. The van der Waals surface area contributed by atoms with Gasteiger partial charge < -0.3 is 9.80 Å². The first-order valence-corrected chi connectivity index (χ1v) is 11.5. The van der Waals surface area contributed by atoms with E-state index >= 15 is 0 Å². The molecule has 0 bridgehead atoms. The van der Waals surface area contributed by atoms with Crippen molar-refractivity contribution in [1.29, 1.82) is 0 Å². The molecule has 2 amide bonds. The predicted octanol–water partition coefficient (Wildman–Crippen LogP) is 3.95. The molecule has 1 aliphatic carbocycles. The summed E-state index contributed by atoms with van der Waals surface area (Å²) < 4.78 is 1.74. The van der Waals surface area contributed by atoms with Crippen molar-refractivity contribution in [3.8, 4) is 0 Å². The molecule has 1 aromatic carbocycles. The number of hydrogen-bond donors (Lipinski definition) is 0. The fourth-order valence-corrected chi connectivity index (χ4v) is 5.53. The van der Waals surface area contributed by atoms with Gasteiger partial charge in [-0.1, -0.05) is 18.2 Å². The number of aromatic nitrogens is 1. The van der Waals surface area contributed by atoms with Crippen molar-refractivity contribution >= 4 is 17.7 Å². The summed E-state index contributed by atoms with van der Waals surface area (Å²) >= 11 is 0. The summed E-state index contributed by atoms with van der Waals surface area (Å²) in [5.41, 5.74) is 1.77. The summed E-state index contributed by atoms with van der Waals surface area (Å²) in [6.07, 6.45) is 6.89. The minimum Gasteiger partial charge on any atom is -0.339 e. The van der Waals surface area contributed by atoms with Crippen LogP contribution in [0.2, 0.25) is 0 Å². The Hall–Kier alpha value is -2.89. The smallest absolute Gasteiger partial charge is 0.329 e. The van der Waals surface area contributed by atoms with E-state index < -0.39 is 0 Å². The third-order valence-electron chi connectivity index (χ3n) is 7.36. The summed E-state index contributed by atoms with van der Waals surface area (Å²) in [5, 5.41) is 0. The lowest BCUT2D eigenvalue weighted by Crippen LogP contribution is -2.43. The third-order valence-corrected chi connectivity index (χ3v) is 7.36. The summed E-state index contributed by atoms with van der Waals surface area (Å²) in [7, 11) is 0. The van der Waals surface area contributed by atoms with Gasteiger partial charge in [0, 0.05) is 48.4 Å². The second kappa shape index (κ2) is 8.33. The van der Waals surface area contributed by atoms with Gasteiger partial charge in [0.05, 0.1) is 6.54 Å². The molecule has 0 spiro atoms. The zero-order valence-corrected chi connectivity index (χ0v) is 17.8. The number of carbonyl (C=O) groups excluding carboxylic acids is 3. The van der Waals surface area contributed by atoms with E-state index in [2.05, 4.69) is 0 Å². The summed E-state index contributed by atoms with van der Waals surface area (Å²) in [6.45, 7) is 1.99. The highest BCUT2D eigenvalue weighted by atomic mass is 16.2. The molecule has 31 heavy (non-hydrogen) atoms. The highest BCUT2D eigenvalue weighted by Gasteiger charge is 2.38. The number of piperidine rings is 1. The lowest BCUT2D eigenvalue weighted by Gasteiger charge is -2.36. The van der Waals surface area contributed by atoms with E-state index in [1.807, 2.05) is 58.5 Å². The second-order valence-electron chi connectivity index (χ2n) is 9.12. The van der Waals surface area contributed by atoms with Crippen LogP contribution in [0.15, 0.2) is 48.7 Å². The van der Waals surface area contributed by atoms with Crippen LogP contribution in [-0.4, -0.2) is 51.2 Å². The quantitative estimate of drug-likeness (QED) is 0.754. The molecule has 2 aliphatic heterocycles. The van der Waals surface area contributed by atoms with Gasteiger partial charge in [0.15, 0.2) is 0 Å². The van der Waals surface area contributed by atoms with Gasteiger partial charge in [-0.3, -0.25) is 14.2 Å². The Bertz CT molecular complexity index is 967. The fourth-order valence-electron chi connectivity index (χ4n) is 5.53. The summed E-state index contributed by atoms with van der Waals surface area (Å²) in [6, 6.07) is 13.6. The maximum Gasteiger partial charge on any atom is 0.329 e. The number of nitrogens with zero attached hydrogens (tertiary/aromatic N) is 3. The van der Waals surface area contributed by atoms with Crippen LogP contribution in [0.5, 0.6) is 0 Å². The predicted molar refractivity (Wildman–Crippen MR) is 117 cm³/mol. The van der Waals surface area contributed by atoms with Crippen LogP contribution in [0.1, 0.15) is 54.6 Å². The Morgan fingerprint density at radius 2 is 1.48 bits per heavy atom. The molecule has 1 saturated heterocycles. The van der Waals surface area contributed by atoms with E-state index in [0.717, 1.165) is 44.2 Å². The van der Waals surface area contributed by atoms with Gasteiger partial charge in [-0.25, -0.2) is 4.79 Å². The number of rotatable bonds is 4. The van der Waals surface area contributed by atoms with E-state index in [4.69, 9.17) is 0 Å². The minimum atomic E-state index is 0.0627. The molecule has 2 fully saturated rings. The van der Waals surface area contributed by atoms with E-state index in [1.165, 1.54) is 0 Å². The first-order valence-electron chi connectivity index (χ1n) is 11.5. The molecule has 1 aromatic heterocycles. The molecule has 5 rings (SSSR count). The molecule has 3 heterocycles. The standard InChI is InChI=1S/C25H29N3O3/c29-23(19-12-15-26(16-13-19)24(30)20-5-2-1-3-6-20)18-8-10-21(11-9-18)28-17-22-7-4-14-27(22)25(28)31/h1-7,14,18-19,21H,8-13,15-17H2. The van der Waals surface area contributed by atoms with Crippen LogP contribution in [0.3, 0.4) is 0 Å². The van der Waals surface area contributed by atoms with Crippen LogP contribution < -0.4 is 0 Å².